The quantitative estimate of drug-likeness (QED) is 0.779. The van der Waals surface area contributed by atoms with E-state index < -0.39 is 0 Å². The third-order valence-electron chi connectivity index (χ3n) is 4.02. The van der Waals surface area contributed by atoms with E-state index in [0.29, 0.717) is 6.54 Å². The standard InChI is InChI=1S/C18H21N3/c1-21-16-11-6-10-15(13-19)18(16)20-17(21)12-5-9-14-7-3-2-4-8-14/h2-4,6-8,10-11H,5,9,12-13,19H2,1H3. The number of aromatic nitrogens is 2. The van der Waals surface area contributed by atoms with E-state index >= 15 is 0 Å². The Balaban J connectivity index is 1.77. The SMILES string of the molecule is Cn1c(CCCc2ccccc2)nc2c(CN)cccc21. The normalized spacial score (nSPS) is 11.1. The molecule has 0 aliphatic rings. The summed E-state index contributed by atoms with van der Waals surface area (Å²) in [5, 5.41) is 0. The van der Waals surface area contributed by atoms with Crippen LogP contribution >= 0.6 is 0 Å². The number of fused-ring (bicyclic) bond motifs is 1. The van der Waals surface area contributed by atoms with E-state index in [1.807, 2.05) is 0 Å². The minimum Gasteiger partial charge on any atom is -0.331 e. The van der Waals surface area contributed by atoms with E-state index in [-0.39, 0.29) is 0 Å². The van der Waals surface area contributed by atoms with E-state index in [4.69, 9.17) is 10.7 Å². The second-order valence-electron chi connectivity index (χ2n) is 5.42. The fourth-order valence-electron chi connectivity index (χ4n) is 2.80. The Bertz CT molecular complexity index is 729. The predicted molar refractivity (Wildman–Crippen MR) is 87.1 cm³/mol. The molecule has 3 heteroatoms. The summed E-state index contributed by atoms with van der Waals surface area (Å²) < 4.78 is 2.19. The monoisotopic (exact) mass is 279 g/mol. The molecule has 0 unspecified atom stereocenters. The number of para-hydroxylation sites is 1. The van der Waals surface area contributed by atoms with Gasteiger partial charge in [-0.25, -0.2) is 4.98 Å². The van der Waals surface area contributed by atoms with Crippen molar-refractivity contribution in [2.75, 3.05) is 0 Å². The summed E-state index contributed by atoms with van der Waals surface area (Å²) in [7, 11) is 2.09. The first-order chi connectivity index (χ1) is 10.3. The van der Waals surface area contributed by atoms with Crippen molar-refractivity contribution in [1.29, 1.82) is 0 Å². The minimum absolute atomic E-state index is 0.539. The molecule has 3 aromatic rings. The zero-order valence-electron chi connectivity index (χ0n) is 12.4. The molecular formula is C18H21N3. The molecule has 108 valence electrons. The zero-order chi connectivity index (χ0) is 14.7. The molecule has 0 aliphatic heterocycles. The number of hydrogen-bond acceptors (Lipinski definition) is 2. The number of nitrogens with two attached hydrogens (primary N) is 1. The maximum atomic E-state index is 5.80. The Hall–Kier alpha value is -2.13. The third kappa shape index (κ3) is 2.83. The first-order valence-electron chi connectivity index (χ1n) is 7.47. The van der Waals surface area contributed by atoms with E-state index in [1.54, 1.807) is 0 Å². The molecule has 3 rings (SSSR count). The van der Waals surface area contributed by atoms with Gasteiger partial charge in [0.1, 0.15) is 5.82 Å². The van der Waals surface area contributed by atoms with Crippen molar-refractivity contribution in [3.63, 3.8) is 0 Å². The van der Waals surface area contributed by atoms with Gasteiger partial charge in [-0.1, -0.05) is 42.5 Å². The van der Waals surface area contributed by atoms with Crippen molar-refractivity contribution >= 4 is 11.0 Å². The maximum Gasteiger partial charge on any atom is 0.109 e. The molecular weight excluding hydrogens is 258 g/mol. The Kier molecular flexibility index (Phi) is 4.02. The van der Waals surface area contributed by atoms with Crippen LogP contribution in [0.25, 0.3) is 11.0 Å². The topological polar surface area (TPSA) is 43.8 Å². The molecule has 0 saturated carbocycles. The first-order valence-corrected chi connectivity index (χ1v) is 7.47. The Labute approximate surface area is 125 Å². The lowest BCUT2D eigenvalue weighted by atomic mass is 10.1. The summed E-state index contributed by atoms with van der Waals surface area (Å²) in [6.45, 7) is 0.539. The highest BCUT2D eigenvalue weighted by Crippen LogP contribution is 2.20. The van der Waals surface area contributed by atoms with E-state index in [1.165, 1.54) is 11.1 Å². The van der Waals surface area contributed by atoms with Crippen LogP contribution in [0.5, 0.6) is 0 Å². The highest BCUT2D eigenvalue weighted by atomic mass is 15.1. The molecule has 0 saturated heterocycles. The van der Waals surface area contributed by atoms with Gasteiger partial charge in [0.15, 0.2) is 0 Å². The predicted octanol–water partition coefficient (Wildman–Crippen LogP) is 3.21. The summed E-state index contributed by atoms with van der Waals surface area (Å²) in [6, 6.07) is 16.8. The van der Waals surface area contributed by atoms with Crippen molar-refractivity contribution in [3.8, 4) is 0 Å². The average Bonchev–Trinajstić information content (AvgIpc) is 2.85. The van der Waals surface area contributed by atoms with Gasteiger partial charge >= 0.3 is 0 Å². The summed E-state index contributed by atoms with van der Waals surface area (Å²) in [5.74, 6) is 1.14. The number of imidazole rings is 1. The Morgan fingerprint density at radius 3 is 2.57 bits per heavy atom. The van der Waals surface area contributed by atoms with Crippen LogP contribution in [-0.2, 0) is 26.4 Å². The van der Waals surface area contributed by atoms with E-state index in [9.17, 15) is 0 Å². The number of rotatable bonds is 5. The van der Waals surface area contributed by atoms with Crippen LogP contribution in [-0.4, -0.2) is 9.55 Å². The van der Waals surface area contributed by atoms with Crippen LogP contribution in [0, 0.1) is 0 Å². The molecule has 21 heavy (non-hydrogen) atoms. The van der Waals surface area contributed by atoms with Gasteiger partial charge in [-0.15, -0.1) is 0 Å². The number of benzene rings is 2. The highest BCUT2D eigenvalue weighted by molar-refractivity contribution is 5.79. The van der Waals surface area contributed by atoms with Gasteiger partial charge in [-0.2, -0.15) is 0 Å². The third-order valence-corrected chi connectivity index (χ3v) is 4.02. The van der Waals surface area contributed by atoms with E-state index in [2.05, 4.69) is 60.1 Å². The van der Waals surface area contributed by atoms with Gasteiger partial charge in [0.2, 0.25) is 0 Å². The summed E-state index contributed by atoms with van der Waals surface area (Å²) in [4.78, 5) is 4.80. The molecule has 0 bridgehead atoms. The van der Waals surface area contributed by atoms with Crippen LogP contribution in [0.15, 0.2) is 48.5 Å². The molecule has 2 aromatic carbocycles. The molecule has 0 amide bonds. The second kappa shape index (κ2) is 6.10. The average molecular weight is 279 g/mol. The van der Waals surface area contributed by atoms with E-state index in [0.717, 1.165) is 36.2 Å². The van der Waals surface area contributed by atoms with Crippen molar-refractivity contribution in [2.24, 2.45) is 12.8 Å². The Morgan fingerprint density at radius 2 is 1.81 bits per heavy atom. The van der Waals surface area contributed by atoms with Crippen LogP contribution in [0.2, 0.25) is 0 Å². The molecule has 1 heterocycles. The van der Waals surface area contributed by atoms with Crippen molar-refractivity contribution in [1.82, 2.24) is 9.55 Å². The molecule has 0 aliphatic carbocycles. The lowest BCUT2D eigenvalue weighted by Gasteiger charge is -2.03. The Morgan fingerprint density at radius 1 is 1.00 bits per heavy atom. The fraction of sp³-hybridized carbons (Fsp3) is 0.278. The molecule has 0 radical (unpaired) electrons. The molecule has 1 aromatic heterocycles. The van der Waals surface area contributed by atoms with Gasteiger partial charge in [0.05, 0.1) is 11.0 Å². The fourth-order valence-corrected chi connectivity index (χ4v) is 2.80. The molecule has 2 N–H and O–H groups in total. The van der Waals surface area contributed by atoms with Gasteiger partial charge in [0, 0.05) is 20.0 Å². The lowest BCUT2D eigenvalue weighted by Crippen LogP contribution is -1.99. The van der Waals surface area contributed by atoms with Crippen molar-refractivity contribution < 1.29 is 0 Å². The second-order valence-corrected chi connectivity index (χ2v) is 5.42. The van der Waals surface area contributed by atoms with Crippen LogP contribution < -0.4 is 5.73 Å². The summed E-state index contributed by atoms with van der Waals surface area (Å²) >= 11 is 0. The number of aryl methyl sites for hydroxylation is 3. The van der Waals surface area contributed by atoms with Crippen LogP contribution in [0.1, 0.15) is 23.4 Å². The molecule has 3 nitrogen and oxygen atoms in total. The minimum atomic E-state index is 0.539. The van der Waals surface area contributed by atoms with Crippen molar-refractivity contribution in [3.05, 3.63) is 65.5 Å². The molecule has 0 atom stereocenters. The summed E-state index contributed by atoms with van der Waals surface area (Å²) in [6.07, 6.45) is 3.19. The van der Waals surface area contributed by atoms with Gasteiger partial charge in [-0.05, 0) is 30.0 Å². The van der Waals surface area contributed by atoms with Crippen molar-refractivity contribution in [2.45, 2.75) is 25.8 Å². The lowest BCUT2D eigenvalue weighted by molar-refractivity contribution is 0.733. The van der Waals surface area contributed by atoms with Gasteiger partial charge < -0.3 is 10.3 Å². The largest absolute Gasteiger partial charge is 0.331 e. The number of hydrogen-bond donors (Lipinski definition) is 1. The smallest absolute Gasteiger partial charge is 0.109 e. The van der Waals surface area contributed by atoms with Crippen LogP contribution in [0.4, 0.5) is 0 Å². The van der Waals surface area contributed by atoms with Gasteiger partial charge in [-0.3, -0.25) is 0 Å². The van der Waals surface area contributed by atoms with Gasteiger partial charge in [0.25, 0.3) is 0 Å². The molecule has 0 fully saturated rings. The maximum absolute atomic E-state index is 5.80. The molecule has 0 spiro atoms. The highest BCUT2D eigenvalue weighted by Gasteiger charge is 2.10. The first kappa shape index (κ1) is 13.8. The van der Waals surface area contributed by atoms with Crippen LogP contribution in [0.3, 0.4) is 0 Å². The zero-order valence-corrected chi connectivity index (χ0v) is 12.4. The summed E-state index contributed by atoms with van der Waals surface area (Å²) in [5.41, 5.74) is 10.5. The number of nitrogens with zero attached hydrogens (tertiary/aromatic N) is 2.